The van der Waals surface area contributed by atoms with Gasteiger partial charge in [0.15, 0.2) is 5.16 Å². The second-order valence-electron chi connectivity index (χ2n) is 6.10. The van der Waals surface area contributed by atoms with Crippen LogP contribution in [0.1, 0.15) is 6.92 Å². The molecule has 0 unspecified atom stereocenters. The van der Waals surface area contributed by atoms with Gasteiger partial charge in [-0.2, -0.15) is 8.78 Å². The van der Waals surface area contributed by atoms with Crippen LogP contribution in [0.3, 0.4) is 0 Å². The smallest absolute Gasteiger partial charge is 0.420 e. The molecule has 0 spiro atoms. The van der Waals surface area contributed by atoms with Gasteiger partial charge in [-0.05, 0) is 67.2 Å². The molecule has 0 bridgehead atoms. The third-order valence-corrected chi connectivity index (χ3v) is 4.92. The van der Waals surface area contributed by atoms with Gasteiger partial charge in [0.05, 0.1) is 18.0 Å². The monoisotopic (exact) mass is 460 g/mol. The number of carbonyl (C=O) groups is 1. The first-order valence-corrected chi connectivity index (χ1v) is 9.62. The number of nitrogens with zero attached hydrogens (tertiary/aromatic N) is 2. The van der Waals surface area contributed by atoms with Gasteiger partial charge in [0.2, 0.25) is 0 Å². The Morgan fingerprint density at radius 2 is 1.55 bits per heavy atom. The number of aromatic nitrogens is 2. The van der Waals surface area contributed by atoms with Crippen LogP contribution in [-0.2, 0) is 4.74 Å². The van der Waals surface area contributed by atoms with Gasteiger partial charge in [-0.3, -0.25) is 0 Å². The lowest BCUT2D eigenvalue weighted by atomic mass is 10.0. The normalized spacial score (nSPS) is 11.7. The Hall–Kier alpha value is -2.95. The molecule has 0 aliphatic carbocycles. The Morgan fingerprint density at radius 1 is 1.03 bits per heavy atom. The Labute approximate surface area is 176 Å². The number of halogens is 6. The van der Waals surface area contributed by atoms with Crippen LogP contribution in [-0.4, -0.2) is 33.9 Å². The van der Waals surface area contributed by atoms with Crippen molar-refractivity contribution in [3.8, 4) is 22.5 Å². The first-order chi connectivity index (χ1) is 14.6. The molecule has 0 aliphatic heterocycles. The second kappa shape index (κ2) is 9.04. The van der Waals surface area contributed by atoms with E-state index in [1.54, 1.807) is 0 Å². The molecule has 0 aliphatic rings. The maximum absolute atomic E-state index is 13.8. The van der Waals surface area contributed by atoms with Crippen molar-refractivity contribution in [3.63, 3.8) is 0 Å². The zero-order valence-electron chi connectivity index (χ0n) is 15.8. The summed E-state index contributed by atoms with van der Waals surface area (Å²) in [5.74, 6) is -1.19. The van der Waals surface area contributed by atoms with Gasteiger partial charge < -0.3 is 4.74 Å². The molecule has 0 amide bonds. The highest BCUT2D eigenvalue weighted by Gasteiger charge is 2.44. The van der Waals surface area contributed by atoms with Crippen LogP contribution in [0.15, 0.2) is 53.7 Å². The second-order valence-corrected chi connectivity index (χ2v) is 7.22. The third kappa shape index (κ3) is 4.87. The van der Waals surface area contributed by atoms with Crippen LogP contribution in [0.4, 0.5) is 31.1 Å². The van der Waals surface area contributed by atoms with Crippen LogP contribution in [0.2, 0.25) is 0 Å². The van der Waals surface area contributed by atoms with Gasteiger partial charge in [0.1, 0.15) is 11.6 Å². The van der Waals surface area contributed by atoms with Gasteiger partial charge in [-0.25, -0.2) is 31.9 Å². The maximum Gasteiger partial charge on any atom is 0.420 e. The molecule has 31 heavy (non-hydrogen) atoms. The fraction of sp³-hybridized carbons (Fsp3) is 0.200. The summed E-state index contributed by atoms with van der Waals surface area (Å²) in [4.78, 5) is 16.6. The molecule has 1 aromatic heterocycles. The molecule has 0 radical (unpaired) electrons. The van der Waals surface area contributed by atoms with Crippen LogP contribution >= 0.6 is 11.8 Å². The Balaban J connectivity index is 2.30. The van der Waals surface area contributed by atoms with E-state index in [0.29, 0.717) is 4.57 Å². The van der Waals surface area contributed by atoms with Crippen molar-refractivity contribution in [1.82, 2.24) is 9.55 Å². The number of ether oxygens (including phenoxy) is 1. The predicted molar refractivity (Wildman–Crippen MR) is 102 cm³/mol. The van der Waals surface area contributed by atoms with Crippen LogP contribution in [0.5, 0.6) is 0 Å². The van der Waals surface area contributed by atoms with E-state index in [2.05, 4.69) is 4.98 Å². The summed E-state index contributed by atoms with van der Waals surface area (Å²) in [6.07, 6.45) is -5.18. The first-order valence-electron chi connectivity index (χ1n) is 8.80. The standard InChI is InChI=1S/C20H14F6N2O2S/c1-2-30-19(29)28-16(12-5-9-14(22)10-6-12)15(11-3-7-13(21)8-4-11)27-18(28)31-20(25,26)17(23)24/h3-10,17H,2H2,1H3. The minimum atomic E-state index is -4.56. The number of imidazole rings is 1. The number of hydrogen-bond donors (Lipinski definition) is 0. The van der Waals surface area contributed by atoms with Gasteiger partial charge >= 0.3 is 17.8 Å². The lowest BCUT2D eigenvalue weighted by molar-refractivity contribution is -0.0566. The third-order valence-electron chi connectivity index (χ3n) is 4.01. The molecular weight excluding hydrogens is 446 g/mol. The predicted octanol–water partition coefficient (Wildman–Crippen LogP) is 6.45. The van der Waals surface area contributed by atoms with E-state index in [1.165, 1.54) is 31.2 Å². The van der Waals surface area contributed by atoms with Crippen LogP contribution in [0, 0.1) is 11.6 Å². The highest BCUT2D eigenvalue weighted by Crippen LogP contribution is 2.44. The fourth-order valence-electron chi connectivity index (χ4n) is 2.67. The maximum atomic E-state index is 13.8. The number of alkyl halides is 4. The van der Waals surface area contributed by atoms with Crippen molar-refractivity contribution in [3.05, 3.63) is 60.2 Å². The zero-order valence-corrected chi connectivity index (χ0v) is 16.6. The molecule has 1 heterocycles. The van der Waals surface area contributed by atoms with Crippen molar-refractivity contribution in [2.45, 2.75) is 23.8 Å². The summed E-state index contributed by atoms with van der Waals surface area (Å²) in [6, 6.07) is 9.35. The lowest BCUT2D eigenvalue weighted by Gasteiger charge is -2.15. The molecule has 0 saturated heterocycles. The molecule has 164 valence electrons. The van der Waals surface area contributed by atoms with E-state index in [1.807, 2.05) is 0 Å². The number of carbonyl (C=O) groups excluding carboxylic acids is 1. The summed E-state index contributed by atoms with van der Waals surface area (Å²) in [6.45, 7) is 1.33. The minimum Gasteiger partial charge on any atom is -0.449 e. The molecular formula is C20H14F6N2O2S. The van der Waals surface area contributed by atoms with Gasteiger partial charge in [-0.1, -0.05) is 0 Å². The number of benzene rings is 2. The highest BCUT2D eigenvalue weighted by molar-refractivity contribution is 8.00. The molecule has 2 aromatic carbocycles. The van der Waals surface area contributed by atoms with Gasteiger partial charge in [0.25, 0.3) is 0 Å². The van der Waals surface area contributed by atoms with Crippen LogP contribution in [0.25, 0.3) is 22.5 Å². The molecule has 0 N–H and O–H groups in total. The minimum absolute atomic E-state index is 0.0766. The van der Waals surface area contributed by atoms with Gasteiger partial charge in [-0.15, -0.1) is 0 Å². The van der Waals surface area contributed by atoms with Crippen molar-refractivity contribution in [2.24, 2.45) is 0 Å². The largest absolute Gasteiger partial charge is 0.449 e. The topological polar surface area (TPSA) is 44.1 Å². The molecule has 0 fully saturated rings. The van der Waals surface area contributed by atoms with E-state index in [4.69, 9.17) is 4.74 Å². The van der Waals surface area contributed by atoms with E-state index >= 15 is 0 Å². The van der Waals surface area contributed by atoms with E-state index in [9.17, 15) is 31.1 Å². The average molecular weight is 460 g/mol. The summed E-state index contributed by atoms with van der Waals surface area (Å²) in [5, 5.41) is -5.32. The van der Waals surface area contributed by atoms with E-state index < -0.39 is 46.3 Å². The summed E-state index contributed by atoms with van der Waals surface area (Å²) in [5.41, 5.74) is 0.212. The van der Waals surface area contributed by atoms with Crippen molar-refractivity contribution in [2.75, 3.05) is 6.61 Å². The SMILES string of the molecule is CCOC(=O)n1c(SC(F)(F)C(F)F)nc(-c2ccc(F)cc2)c1-c1ccc(F)cc1. The number of thioether (sulfide) groups is 1. The average Bonchev–Trinajstić information content (AvgIpc) is 3.07. The van der Waals surface area contributed by atoms with Gasteiger partial charge in [0, 0.05) is 11.1 Å². The molecule has 11 heteroatoms. The molecule has 0 atom stereocenters. The highest BCUT2D eigenvalue weighted by atomic mass is 32.2. The lowest BCUT2D eigenvalue weighted by Crippen LogP contribution is -2.24. The summed E-state index contributed by atoms with van der Waals surface area (Å²) >= 11 is -0.615. The van der Waals surface area contributed by atoms with Crippen molar-refractivity contribution < 1.29 is 35.9 Å². The van der Waals surface area contributed by atoms with Crippen molar-refractivity contribution in [1.29, 1.82) is 0 Å². The van der Waals surface area contributed by atoms with E-state index in [0.717, 1.165) is 24.3 Å². The zero-order chi connectivity index (χ0) is 22.8. The van der Waals surface area contributed by atoms with Crippen LogP contribution < -0.4 is 0 Å². The summed E-state index contributed by atoms with van der Waals surface area (Å²) < 4.78 is 85.6. The Morgan fingerprint density at radius 3 is 2.03 bits per heavy atom. The fourth-order valence-corrected chi connectivity index (χ4v) is 3.40. The molecule has 3 rings (SSSR count). The molecule has 4 nitrogen and oxygen atoms in total. The van der Waals surface area contributed by atoms with E-state index in [-0.39, 0.29) is 29.1 Å². The first kappa shape index (κ1) is 22.7. The molecule has 0 saturated carbocycles. The van der Waals surface area contributed by atoms with Crippen molar-refractivity contribution >= 4 is 17.9 Å². The Kier molecular flexibility index (Phi) is 6.63. The number of hydrogen-bond acceptors (Lipinski definition) is 4. The quantitative estimate of drug-likeness (QED) is 0.313. The number of rotatable bonds is 6. The Bertz CT molecular complexity index is 1070. The summed E-state index contributed by atoms with van der Waals surface area (Å²) in [7, 11) is 0. The molecule has 3 aromatic rings.